The first-order valence-electron chi connectivity index (χ1n) is 9.35. The summed E-state index contributed by atoms with van der Waals surface area (Å²) in [6.07, 6.45) is 3.73. The molecule has 1 aromatic heterocycles. The zero-order valence-corrected chi connectivity index (χ0v) is 16.5. The number of aromatic nitrogens is 3. The Labute approximate surface area is 168 Å². The van der Waals surface area contributed by atoms with E-state index in [9.17, 15) is 4.79 Å². The van der Waals surface area contributed by atoms with E-state index in [1.54, 1.807) is 7.11 Å². The molecule has 0 radical (unpaired) electrons. The maximum absolute atomic E-state index is 12.4. The zero-order chi connectivity index (χ0) is 19.5. The van der Waals surface area contributed by atoms with Gasteiger partial charge >= 0.3 is 0 Å². The van der Waals surface area contributed by atoms with Gasteiger partial charge in [0.1, 0.15) is 5.75 Å². The molecule has 0 spiro atoms. The molecule has 3 aromatic rings. The molecule has 1 heterocycles. The first-order valence-corrected chi connectivity index (χ1v) is 9.76. The monoisotopic (exact) mass is 394 g/mol. The number of hydrogen-bond donors (Lipinski definition) is 2. The van der Waals surface area contributed by atoms with Gasteiger partial charge in [-0.25, -0.2) is 0 Å². The molecule has 7 heteroatoms. The van der Waals surface area contributed by atoms with Gasteiger partial charge in [0.25, 0.3) is 0 Å². The van der Waals surface area contributed by atoms with Gasteiger partial charge in [-0.1, -0.05) is 6.07 Å². The third kappa shape index (κ3) is 3.84. The molecule has 6 nitrogen and oxygen atoms in total. The van der Waals surface area contributed by atoms with Gasteiger partial charge in [0, 0.05) is 24.2 Å². The Kier molecular flexibility index (Phi) is 5.25. The maximum atomic E-state index is 12.4. The van der Waals surface area contributed by atoms with Gasteiger partial charge in [-0.15, -0.1) is 0 Å². The lowest BCUT2D eigenvalue weighted by molar-refractivity contribution is -0.116. The minimum Gasteiger partial charge on any atom is -0.497 e. The zero-order valence-electron chi connectivity index (χ0n) is 15.7. The molecule has 4 rings (SSSR count). The first-order chi connectivity index (χ1) is 13.6. The summed E-state index contributed by atoms with van der Waals surface area (Å²) in [5.41, 5.74) is 4.51. The number of hydrogen-bond acceptors (Lipinski definition) is 4. The Morgan fingerprint density at radius 3 is 2.79 bits per heavy atom. The lowest BCUT2D eigenvalue weighted by Crippen LogP contribution is -2.15. The standard InChI is InChI=1S/C21H22N4O2S/c1-27-18-9-6-15(7-10-18)20-23-24-21(28)25(20)12-11-19(26)22-17-8-5-14-3-2-4-16(14)13-17/h5-10,13H,2-4,11-12H2,1H3,(H,22,26)(H,24,28). The second-order valence-corrected chi connectivity index (χ2v) is 7.25. The lowest BCUT2D eigenvalue weighted by atomic mass is 10.1. The molecule has 1 amide bonds. The summed E-state index contributed by atoms with van der Waals surface area (Å²) in [7, 11) is 1.63. The number of nitrogens with one attached hydrogen (secondary N) is 2. The van der Waals surface area contributed by atoms with Crippen molar-refractivity contribution < 1.29 is 9.53 Å². The number of aryl methyl sites for hydroxylation is 2. The topological polar surface area (TPSA) is 71.9 Å². The van der Waals surface area contributed by atoms with Crippen molar-refractivity contribution in [1.29, 1.82) is 0 Å². The van der Waals surface area contributed by atoms with Crippen molar-refractivity contribution in [2.24, 2.45) is 0 Å². The second kappa shape index (κ2) is 7.98. The fourth-order valence-corrected chi connectivity index (χ4v) is 3.80. The molecule has 0 fully saturated rings. The molecular weight excluding hydrogens is 372 g/mol. The van der Waals surface area contributed by atoms with Crippen LogP contribution < -0.4 is 10.1 Å². The van der Waals surface area contributed by atoms with E-state index in [4.69, 9.17) is 17.0 Å². The van der Waals surface area contributed by atoms with E-state index in [2.05, 4.69) is 27.6 Å². The number of fused-ring (bicyclic) bond motifs is 1. The van der Waals surface area contributed by atoms with E-state index in [1.807, 2.05) is 34.9 Å². The van der Waals surface area contributed by atoms with E-state index >= 15 is 0 Å². The van der Waals surface area contributed by atoms with Crippen molar-refractivity contribution in [3.05, 3.63) is 58.4 Å². The fourth-order valence-electron chi connectivity index (χ4n) is 3.57. The Morgan fingerprint density at radius 1 is 1.21 bits per heavy atom. The molecular formula is C21H22N4O2S. The van der Waals surface area contributed by atoms with Gasteiger partial charge in [-0.3, -0.25) is 14.5 Å². The highest BCUT2D eigenvalue weighted by atomic mass is 32.1. The largest absolute Gasteiger partial charge is 0.497 e. The van der Waals surface area contributed by atoms with Crippen LogP contribution in [-0.4, -0.2) is 27.8 Å². The van der Waals surface area contributed by atoms with E-state index in [-0.39, 0.29) is 5.91 Å². The molecule has 0 bridgehead atoms. The van der Waals surface area contributed by atoms with Crippen molar-refractivity contribution in [3.8, 4) is 17.1 Å². The fraction of sp³-hybridized carbons (Fsp3) is 0.286. The second-order valence-electron chi connectivity index (χ2n) is 6.87. The highest BCUT2D eigenvalue weighted by molar-refractivity contribution is 7.71. The van der Waals surface area contributed by atoms with E-state index in [0.29, 0.717) is 23.6 Å². The van der Waals surface area contributed by atoms with Crippen LogP contribution in [0.3, 0.4) is 0 Å². The van der Waals surface area contributed by atoms with E-state index in [1.165, 1.54) is 17.5 Å². The van der Waals surface area contributed by atoms with Gasteiger partial charge in [-0.05, 0) is 79.0 Å². The maximum Gasteiger partial charge on any atom is 0.226 e. The molecule has 28 heavy (non-hydrogen) atoms. The van der Waals surface area contributed by atoms with E-state index in [0.717, 1.165) is 29.8 Å². The number of amides is 1. The van der Waals surface area contributed by atoms with Crippen molar-refractivity contribution in [1.82, 2.24) is 14.8 Å². The SMILES string of the molecule is COc1ccc(-c2n[nH]c(=S)n2CCC(=O)Nc2ccc3c(c2)CCC3)cc1. The van der Waals surface area contributed by atoms with Crippen LogP contribution in [0.15, 0.2) is 42.5 Å². The summed E-state index contributed by atoms with van der Waals surface area (Å²) in [6, 6.07) is 13.8. The van der Waals surface area contributed by atoms with Crippen molar-refractivity contribution in [2.45, 2.75) is 32.2 Å². The Morgan fingerprint density at radius 2 is 2.00 bits per heavy atom. The predicted molar refractivity (Wildman–Crippen MR) is 111 cm³/mol. The van der Waals surface area contributed by atoms with Crippen LogP contribution in [0.2, 0.25) is 0 Å². The number of carbonyl (C=O) groups excluding carboxylic acids is 1. The number of nitrogens with zero attached hydrogens (tertiary/aromatic N) is 2. The smallest absolute Gasteiger partial charge is 0.226 e. The van der Waals surface area contributed by atoms with Crippen LogP contribution in [0, 0.1) is 4.77 Å². The lowest BCUT2D eigenvalue weighted by Gasteiger charge is -2.09. The third-order valence-electron chi connectivity index (χ3n) is 5.05. The molecule has 2 aromatic carbocycles. The van der Waals surface area contributed by atoms with Crippen molar-refractivity contribution in [2.75, 3.05) is 12.4 Å². The summed E-state index contributed by atoms with van der Waals surface area (Å²) < 4.78 is 7.54. The number of methoxy groups -OCH3 is 1. The Hall–Kier alpha value is -2.93. The number of anilines is 1. The van der Waals surface area contributed by atoms with Gasteiger partial charge in [-0.2, -0.15) is 5.10 Å². The van der Waals surface area contributed by atoms with Crippen molar-refractivity contribution in [3.63, 3.8) is 0 Å². The Balaban J connectivity index is 1.44. The minimum atomic E-state index is -0.0401. The van der Waals surface area contributed by atoms with Gasteiger partial charge in [0.2, 0.25) is 5.91 Å². The molecule has 2 N–H and O–H groups in total. The van der Waals surface area contributed by atoms with Crippen LogP contribution in [0.25, 0.3) is 11.4 Å². The molecule has 1 aliphatic carbocycles. The molecule has 0 unspecified atom stereocenters. The summed E-state index contributed by atoms with van der Waals surface area (Å²) in [5, 5.41) is 10.1. The molecule has 1 aliphatic rings. The van der Waals surface area contributed by atoms with Gasteiger partial charge in [0.05, 0.1) is 7.11 Å². The summed E-state index contributed by atoms with van der Waals surface area (Å²) in [4.78, 5) is 12.4. The van der Waals surface area contributed by atoms with Gasteiger partial charge < -0.3 is 10.1 Å². The Bertz CT molecular complexity index is 1050. The third-order valence-corrected chi connectivity index (χ3v) is 5.36. The number of carbonyl (C=O) groups is 1. The first kappa shape index (κ1) is 18.4. The highest BCUT2D eigenvalue weighted by Gasteiger charge is 2.13. The summed E-state index contributed by atoms with van der Waals surface area (Å²) >= 11 is 5.35. The number of rotatable bonds is 6. The molecule has 144 valence electrons. The average molecular weight is 395 g/mol. The molecule has 0 atom stereocenters. The number of benzene rings is 2. The van der Waals surface area contributed by atoms with Crippen molar-refractivity contribution >= 4 is 23.8 Å². The number of aromatic amines is 1. The molecule has 0 aliphatic heterocycles. The van der Waals surface area contributed by atoms with E-state index < -0.39 is 0 Å². The summed E-state index contributed by atoms with van der Waals surface area (Å²) in [5.74, 6) is 1.44. The van der Waals surface area contributed by atoms with Gasteiger partial charge in [0.15, 0.2) is 10.6 Å². The average Bonchev–Trinajstić information content (AvgIpc) is 3.32. The van der Waals surface area contributed by atoms with Crippen LogP contribution in [0.5, 0.6) is 5.75 Å². The normalized spacial score (nSPS) is 12.6. The quantitative estimate of drug-likeness (QED) is 0.617. The number of ether oxygens (including phenoxy) is 1. The molecule has 0 saturated carbocycles. The number of H-pyrrole nitrogens is 1. The van der Waals surface area contributed by atoms with Crippen LogP contribution in [0.4, 0.5) is 5.69 Å². The van der Waals surface area contributed by atoms with Crippen LogP contribution in [-0.2, 0) is 24.2 Å². The predicted octanol–water partition coefficient (Wildman–Crippen LogP) is 4.13. The van der Waals surface area contributed by atoms with Crippen LogP contribution >= 0.6 is 12.2 Å². The molecule has 0 saturated heterocycles. The van der Waals surface area contributed by atoms with Crippen LogP contribution in [0.1, 0.15) is 24.0 Å². The highest BCUT2D eigenvalue weighted by Crippen LogP contribution is 2.25. The minimum absolute atomic E-state index is 0.0401. The summed E-state index contributed by atoms with van der Waals surface area (Å²) in [6.45, 7) is 0.452.